The molecule has 0 radical (unpaired) electrons. The van der Waals surface area contributed by atoms with Gasteiger partial charge in [0.25, 0.3) is 0 Å². The van der Waals surface area contributed by atoms with Crippen molar-refractivity contribution >= 4 is 5.97 Å². The molecule has 0 bridgehead atoms. The number of hydrogen-bond donors (Lipinski definition) is 1. The second kappa shape index (κ2) is 3.84. The van der Waals surface area contributed by atoms with Crippen molar-refractivity contribution in [2.24, 2.45) is 0 Å². The van der Waals surface area contributed by atoms with Gasteiger partial charge < -0.3 is 19.5 Å². The summed E-state index contributed by atoms with van der Waals surface area (Å²) in [6.07, 6.45) is -0.0570. The number of esters is 1. The zero-order valence-electron chi connectivity index (χ0n) is 8.25. The van der Waals surface area contributed by atoms with E-state index < -0.39 is 0 Å². The molecular weight excluding hydrogens is 186 g/mol. The summed E-state index contributed by atoms with van der Waals surface area (Å²) in [5.74, 6) is -0.300. The molecule has 2 aliphatic heterocycles. The lowest BCUT2D eigenvalue weighted by Crippen LogP contribution is -2.59. The fourth-order valence-corrected chi connectivity index (χ4v) is 1.31. The highest BCUT2D eigenvalue weighted by molar-refractivity contribution is 5.71. The summed E-state index contributed by atoms with van der Waals surface area (Å²) in [4.78, 5) is 11.2. The fourth-order valence-electron chi connectivity index (χ4n) is 1.31. The minimum absolute atomic E-state index is 0.0364. The van der Waals surface area contributed by atoms with Gasteiger partial charge in [0.1, 0.15) is 12.7 Å². The van der Waals surface area contributed by atoms with Crippen LogP contribution in [-0.4, -0.2) is 50.6 Å². The van der Waals surface area contributed by atoms with E-state index in [0.29, 0.717) is 13.2 Å². The van der Waals surface area contributed by atoms with Gasteiger partial charge in [-0.15, -0.1) is 0 Å². The van der Waals surface area contributed by atoms with Crippen LogP contribution in [0, 0.1) is 0 Å². The average Bonchev–Trinajstić information content (AvgIpc) is 2.05. The average molecular weight is 201 g/mol. The van der Waals surface area contributed by atoms with Crippen LogP contribution < -0.4 is 5.32 Å². The highest BCUT2D eigenvalue weighted by Crippen LogP contribution is 2.15. The number of rotatable bonds is 4. The van der Waals surface area contributed by atoms with Crippen LogP contribution in [0.15, 0.2) is 0 Å². The second-order valence-corrected chi connectivity index (χ2v) is 3.99. The monoisotopic (exact) mass is 201 g/mol. The molecule has 5 nitrogen and oxygen atoms in total. The number of nitrogens with one attached hydrogen (secondary N) is 1. The van der Waals surface area contributed by atoms with Crippen molar-refractivity contribution in [3.63, 3.8) is 0 Å². The molecule has 2 saturated heterocycles. The Morgan fingerprint density at radius 1 is 1.57 bits per heavy atom. The van der Waals surface area contributed by atoms with Crippen molar-refractivity contribution in [1.82, 2.24) is 5.32 Å². The molecular formula is C9H15NO4. The second-order valence-electron chi connectivity index (χ2n) is 3.99. The van der Waals surface area contributed by atoms with Crippen molar-refractivity contribution in [3.8, 4) is 0 Å². The Labute approximate surface area is 82.7 Å². The van der Waals surface area contributed by atoms with Gasteiger partial charge in [-0.3, -0.25) is 0 Å². The first-order valence-corrected chi connectivity index (χ1v) is 4.80. The Bertz CT molecular complexity index is 223. The summed E-state index contributed by atoms with van der Waals surface area (Å²) < 4.78 is 15.3. The van der Waals surface area contributed by atoms with E-state index in [9.17, 15) is 4.79 Å². The van der Waals surface area contributed by atoms with Crippen LogP contribution in [0.25, 0.3) is 0 Å². The molecule has 0 aromatic rings. The zero-order chi connectivity index (χ0) is 10.0. The van der Waals surface area contributed by atoms with Crippen molar-refractivity contribution < 1.29 is 19.0 Å². The third kappa shape index (κ3) is 2.23. The molecule has 1 N–H and O–H groups in total. The van der Waals surface area contributed by atoms with Crippen LogP contribution >= 0.6 is 0 Å². The van der Waals surface area contributed by atoms with Crippen molar-refractivity contribution in [1.29, 1.82) is 0 Å². The molecule has 0 unspecified atom stereocenters. The Morgan fingerprint density at radius 2 is 2.29 bits per heavy atom. The van der Waals surface area contributed by atoms with E-state index in [2.05, 4.69) is 5.32 Å². The summed E-state index contributed by atoms with van der Waals surface area (Å²) in [7, 11) is 0. The molecule has 5 heteroatoms. The van der Waals surface area contributed by atoms with Crippen molar-refractivity contribution in [2.45, 2.75) is 18.6 Å². The van der Waals surface area contributed by atoms with Gasteiger partial charge in [-0.2, -0.15) is 0 Å². The first-order valence-electron chi connectivity index (χ1n) is 4.80. The topological polar surface area (TPSA) is 56.8 Å². The largest absolute Gasteiger partial charge is 0.456 e. The quantitative estimate of drug-likeness (QED) is 0.610. The van der Waals surface area contributed by atoms with E-state index >= 15 is 0 Å². The summed E-state index contributed by atoms with van der Waals surface area (Å²) in [6, 6.07) is 0. The SMILES string of the molecule is CC1(OCC(=O)OC2COC2)CNC1. The Morgan fingerprint density at radius 3 is 2.71 bits per heavy atom. The van der Waals surface area contributed by atoms with E-state index in [0.717, 1.165) is 13.1 Å². The predicted octanol–water partition coefficient (Wildman–Crippen LogP) is -0.693. The van der Waals surface area contributed by atoms with Gasteiger partial charge in [0.05, 0.1) is 18.8 Å². The van der Waals surface area contributed by atoms with Crippen LogP contribution in [-0.2, 0) is 19.0 Å². The fraction of sp³-hybridized carbons (Fsp3) is 0.889. The molecule has 0 amide bonds. The van der Waals surface area contributed by atoms with Gasteiger partial charge in [0, 0.05) is 13.1 Å². The van der Waals surface area contributed by atoms with Crippen LogP contribution in [0.5, 0.6) is 0 Å². The van der Waals surface area contributed by atoms with Gasteiger partial charge in [0.15, 0.2) is 0 Å². The third-order valence-electron chi connectivity index (χ3n) is 2.44. The normalized spacial score (nSPS) is 24.9. The van der Waals surface area contributed by atoms with Crippen LogP contribution in [0.2, 0.25) is 0 Å². The van der Waals surface area contributed by atoms with Gasteiger partial charge in [-0.1, -0.05) is 0 Å². The Kier molecular flexibility index (Phi) is 2.71. The Balaban J connectivity index is 1.61. The molecule has 2 rings (SSSR count). The molecule has 14 heavy (non-hydrogen) atoms. The van der Waals surface area contributed by atoms with Crippen molar-refractivity contribution in [2.75, 3.05) is 32.9 Å². The van der Waals surface area contributed by atoms with E-state index in [-0.39, 0.29) is 24.3 Å². The maximum Gasteiger partial charge on any atom is 0.332 e. The smallest absolute Gasteiger partial charge is 0.332 e. The number of carbonyl (C=O) groups is 1. The molecule has 2 aliphatic rings. The lowest BCUT2D eigenvalue weighted by molar-refractivity contribution is -0.183. The molecule has 2 heterocycles. The maximum absolute atomic E-state index is 11.2. The zero-order valence-corrected chi connectivity index (χ0v) is 8.25. The lowest BCUT2D eigenvalue weighted by Gasteiger charge is -2.38. The number of ether oxygens (including phenoxy) is 3. The van der Waals surface area contributed by atoms with Crippen molar-refractivity contribution in [3.05, 3.63) is 0 Å². The van der Waals surface area contributed by atoms with E-state index in [1.165, 1.54) is 0 Å². The van der Waals surface area contributed by atoms with Gasteiger partial charge in [0.2, 0.25) is 0 Å². The maximum atomic E-state index is 11.2. The third-order valence-corrected chi connectivity index (χ3v) is 2.44. The standard InChI is InChI=1S/C9H15NO4/c1-9(5-10-6-9)13-4-8(11)14-7-2-12-3-7/h7,10H,2-6H2,1H3. The summed E-state index contributed by atoms with van der Waals surface area (Å²) in [5.41, 5.74) is -0.185. The summed E-state index contributed by atoms with van der Waals surface area (Å²) in [5, 5.41) is 3.09. The number of carbonyl (C=O) groups excluding carboxylic acids is 1. The molecule has 0 aromatic heterocycles. The minimum Gasteiger partial charge on any atom is -0.456 e. The van der Waals surface area contributed by atoms with E-state index in [1.54, 1.807) is 0 Å². The lowest BCUT2D eigenvalue weighted by atomic mass is 10.0. The van der Waals surface area contributed by atoms with Crippen LogP contribution in [0.1, 0.15) is 6.92 Å². The first kappa shape index (κ1) is 9.89. The highest BCUT2D eigenvalue weighted by Gasteiger charge is 2.33. The molecule has 0 atom stereocenters. The first-order chi connectivity index (χ1) is 6.68. The van der Waals surface area contributed by atoms with Gasteiger partial charge in [-0.25, -0.2) is 4.79 Å². The molecule has 0 aromatic carbocycles. The molecule has 0 aliphatic carbocycles. The van der Waals surface area contributed by atoms with Gasteiger partial charge >= 0.3 is 5.97 Å². The number of hydrogen-bond acceptors (Lipinski definition) is 5. The summed E-state index contributed by atoms with van der Waals surface area (Å²) in [6.45, 7) is 4.65. The molecule has 2 fully saturated rings. The van der Waals surface area contributed by atoms with E-state index in [1.807, 2.05) is 6.92 Å². The summed E-state index contributed by atoms with van der Waals surface area (Å²) >= 11 is 0. The predicted molar refractivity (Wildman–Crippen MR) is 47.9 cm³/mol. The molecule has 0 saturated carbocycles. The van der Waals surface area contributed by atoms with Crippen LogP contribution in [0.4, 0.5) is 0 Å². The van der Waals surface area contributed by atoms with Gasteiger partial charge in [-0.05, 0) is 6.92 Å². The molecule has 80 valence electrons. The Hall–Kier alpha value is -0.650. The van der Waals surface area contributed by atoms with E-state index in [4.69, 9.17) is 14.2 Å². The minimum atomic E-state index is -0.300. The molecule has 0 spiro atoms. The van der Waals surface area contributed by atoms with Crippen LogP contribution in [0.3, 0.4) is 0 Å². The highest BCUT2D eigenvalue weighted by atomic mass is 16.6.